The maximum atomic E-state index is 5.04. The molecule has 6 nitrogen and oxygen atoms in total. The lowest BCUT2D eigenvalue weighted by atomic mass is 9.81. The second-order valence-electron chi connectivity index (χ2n) is 17.6. The molecule has 7 aromatic carbocycles. The zero-order chi connectivity index (χ0) is 44.2. The Morgan fingerprint density at radius 3 is 1.17 bits per heavy atom. The van der Waals surface area contributed by atoms with Crippen molar-refractivity contribution in [3.63, 3.8) is 0 Å². The number of hydrogen-bond acceptors (Lipinski definition) is 6. The molecule has 0 saturated carbocycles. The first-order chi connectivity index (χ1) is 31.7. The van der Waals surface area contributed by atoms with Crippen LogP contribution < -0.4 is 14.7 Å². The van der Waals surface area contributed by atoms with Crippen molar-refractivity contribution in [3.05, 3.63) is 228 Å². The van der Waals surface area contributed by atoms with E-state index in [1.165, 1.54) is 38.9 Å². The first-order valence-corrected chi connectivity index (χ1v) is 22.3. The summed E-state index contributed by atoms with van der Waals surface area (Å²) in [7, 11) is 0. The summed E-state index contributed by atoms with van der Waals surface area (Å²) in [4.78, 5) is 21.9. The SMILES string of the molecule is Cc1ccc(N(c2ccc3c(c2)C(C)(C)c2cc4c(N(c5ccc(C)cc5)c5ccccn5)c5ccccc5c(N(c5ccc(C)cc5)c5ccccn5)c4cc2-3)c2ccccn2)cc1. The Labute approximate surface area is 380 Å². The Hall–Kier alpha value is -8.09. The summed E-state index contributed by atoms with van der Waals surface area (Å²) >= 11 is 0. The van der Waals surface area contributed by atoms with Gasteiger partial charge in [-0.3, -0.25) is 14.7 Å². The van der Waals surface area contributed by atoms with E-state index in [0.717, 1.165) is 73.1 Å². The lowest BCUT2D eigenvalue weighted by Crippen LogP contribution is -2.18. The summed E-state index contributed by atoms with van der Waals surface area (Å²) in [5.41, 5.74) is 14.6. The third-order valence-electron chi connectivity index (χ3n) is 13.0. The van der Waals surface area contributed by atoms with Gasteiger partial charge in [0.05, 0.1) is 11.4 Å². The van der Waals surface area contributed by atoms with Crippen LogP contribution in [0.5, 0.6) is 0 Å². The summed E-state index contributed by atoms with van der Waals surface area (Å²) < 4.78 is 0. The second-order valence-corrected chi connectivity index (χ2v) is 17.6. The van der Waals surface area contributed by atoms with Crippen molar-refractivity contribution in [2.45, 2.75) is 40.0 Å². The van der Waals surface area contributed by atoms with Crippen molar-refractivity contribution >= 4 is 73.1 Å². The topological polar surface area (TPSA) is 48.4 Å². The van der Waals surface area contributed by atoms with Gasteiger partial charge in [-0.05, 0) is 140 Å². The van der Waals surface area contributed by atoms with E-state index in [2.05, 4.69) is 213 Å². The van der Waals surface area contributed by atoms with Crippen LogP contribution in [0.1, 0.15) is 41.7 Å². The van der Waals surface area contributed by atoms with Crippen LogP contribution in [0.25, 0.3) is 32.7 Å². The van der Waals surface area contributed by atoms with Gasteiger partial charge < -0.3 is 0 Å². The van der Waals surface area contributed by atoms with Crippen molar-refractivity contribution in [1.82, 2.24) is 15.0 Å². The zero-order valence-corrected chi connectivity index (χ0v) is 37.2. The van der Waals surface area contributed by atoms with E-state index in [-0.39, 0.29) is 5.41 Å². The van der Waals surface area contributed by atoms with Gasteiger partial charge >= 0.3 is 0 Å². The van der Waals surface area contributed by atoms with Gasteiger partial charge in [-0.15, -0.1) is 0 Å². The van der Waals surface area contributed by atoms with Gasteiger partial charge in [0.15, 0.2) is 0 Å². The molecule has 6 heteroatoms. The molecular weight excluding hydrogens is 793 g/mol. The van der Waals surface area contributed by atoms with Crippen LogP contribution in [0, 0.1) is 20.8 Å². The molecular formula is C59H48N6. The maximum absolute atomic E-state index is 5.04. The molecule has 1 aliphatic rings. The molecule has 0 N–H and O–H groups in total. The third kappa shape index (κ3) is 6.86. The second kappa shape index (κ2) is 15.9. The van der Waals surface area contributed by atoms with E-state index < -0.39 is 0 Å². The van der Waals surface area contributed by atoms with Crippen LogP contribution in [-0.2, 0) is 5.41 Å². The molecule has 3 heterocycles. The van der Waals surface area contributed by atoms with E-state index in [1.54, 1.807) is 0 Å². The van der Waals surface area contributed by atoms with Crippen molar-refractivity contribution in [2.24, 2.45) is 0 Å². The molecule has 0 aliphatic heterocycles. The Bertz CT molecular complexity index is 3350. The molecule has 0 unspecified atom stereocenters. The van der Waals surface area contributed by atoms with E-state index in [1.807, 2.05) is 36.8 Å². The monoisotopic (exact) mass is 840 g/mol. The predicted molar refractivity (Wildman–Crippen MR) is 271 cm³/mol. The summed E-state index contributed by atoms with van der Waals surface area (Å²) in [6.07, 6.45) is 5.63. The highest BCUT2D eigenvalue weighted by molar-refractivity contribution is 6.24. The van der Waals surface area contributed by atoms with Crippen LogP contribution in [0.3, 0.4) is 0 Å². The van der Waals surface area contributed by atoms with Crippen molar-refractivity contribution in [3.8, 4) is 11.1 Å². The largest absolute Gasteiger partial charge is 0.295 e. The summed E-state index contributed by atoms with van der Waals surface area (Å²) in [5.74, 6) is 2.55. The fourth-order valence-corrected chi connectivity index (χ4v) is 9.67. The first-order valence-electron chi connectivity index (χ1n) is 22.3. The standard InChI is InChI=1S/C59H48N6/c1-39-19-25-42(26-20-39)63(54-16-8-11-33-60-54)45-31-32-46-49-37-50-51(38-53(49)59(4,5)52(46)36-45)58(65(56-18-10-13-35-62-56)44-29-23-41(3)24-30-44)48-15-7-6-14-47(48)57(50)64(55-17-9-12-34-61-55)43-27-21-40(2)22-28-43/h6-38H,1-5H3. The number of rotatable bonds is 9. The van der Waals surface area contributed by atoms with Gasteiger partial charge in [-0.25, -0.2) is 15.0 Å². The van der Waals surface area contributed by atoms with E-state index in [9.17, 15) is 0 Å². The minimum absolute atomic E-state index is 0.363. The molecule has 11 rings (SSSR count). The zero-order valence-electron chi connectivity index (χ0n) is 37.2. The summed E-state index contributed by atoms with van der Waals surface area (Å²) in [5, 5.41) is 4.44. The van der Waals surface area contributed by atoms with E-state index in [4.69, 9.17) is 15.0 Å². The molecule has 3 aromatic heterocycles. The molecule has 0 fully saturated rings. The molecule has 65 heavy (non-hydrogen) atoms. The van der Waals surface area contributed by atoms with Gasteiger partial charge in [-0.1, -0.05) is 115 Å². The Kier molecular flexibility index (Phi) is 9.73. The normalized spacial score (nSPS) is 12.5. The molecule has 0 bridgehead atoms. The van der Waals surface area contributed by atoms with Gasteiger partial charge in [0, 0.05) is 68.3 Å². The maximum Gasteiger partial charge on any atom is 0.137 e. The fraction of sp³-hybridized carbons (Fsp3) is 0.102. The number of anilines is 9. The molecule has 0 radical (unpaired) electrons. The van der Waals surface area contributed by atoms with Crippen LogP contribution in [0.2, 0.25) is 0 Å². The highest BCUT2D eigenvalue weighted by Crippen LogP contribution is 2.56. The number of aryl methyl sites for hydroxylation is 3. The van der Waals surface area contributed by atoms with Gasteiger partial charge in [0.25, 0.3) is 0 Å². The minimum Gasteiger partial charge on any atom is -0.295 e. The third-order valence-corrected chi connectivity index (χ3v) is 13.0. The molecule has 314 valence electrons. The predicted octanol–water partition coefficient (Wildman–Crippen LogP) is 15.8. The smallest absolute Gasteiger partial charge is 0.137 e. The van der Waals surface area contributed by atoms with Crippen LogP contribution >= 0.6 is 0 Å². The summed E-state index contributed by atoms with van der Waals surface area (Å²) in [6.45, 7) is 11.1. The highest BCUT2D eigenvalue weighted by Gasteiger charge is 2.38. The molecule has 0 saturated heterocycles. The molecule has 0 spiro atoms. The highest BCUT2D eigenvalue weighted by atomic mass is 15.2. The lowest BCUT2D eigenvalue weighted by molar-refractivity contribution is 0.661. The van der Waals surface area contributed by atoms with E-state index in [0.29, 0.717) is 0 Å². The van der Waals surface area contributed by atoms with Crippen molar-refractivity contribution < 1.29 is 0 Å². The molecule has 1 aliphatic carbocycles. The molecule has 10 aromatic rings. The number of fused-ring (bicyclic) bond motifs is 5. The first kappa shape index (κ1) is 39.7. The van der Waals surface area contributed by atoms with Crippen molar-refractivity contribution in [1.29, 1.82) is 0 Å². The van der Waals surface area contributed by atoms with Crippen LogP contribution in [0.4, 0.5) is 51.6 Å². The molecule has 0 amide bonds. The minimum atomic E-state index is -0.363. The van der Waals surface area contributed by atoms with Crippen LogP contribution in [-0.4, -0.2) is 15.0 Å². The molecule has 0 atom stereocenters. The average Bonchev–Trinajstić information content (AvgIpc) is 3.56. The number of nitrogens with zero attached hydrogens (tertiary/aromatic N) is 6. The average molecular weight is 841 g/mol. The van der Waals surface area contributed by atoms with Crippen molar-refractivity contribution in [2.75, 3.05) is 14.7 Å². The quantitative estimate of drug-likeness (QED) is 0.107. The Balaban J connectivity index is 1.24. The number of benzene rings is 7. The van der Waals surface area contributed by atoms with Gasteiger partial charge in [0.1, 0.15) is 17.5 Å². The van der Waals surface area contributed by atoms with E-state index >= 15 is 0 Å². The number of hydrogen-bond donors (Lipinski definition) is 0. The summed E-state index contributed by atoms with van der Waals surface area (Å²) in [6, 6.07) is 65.4. The lowest BCUT2D eigenvalue weighted by Gasteiger charge is -2.32. The number of pyridine rings is 3. The van der Waals surface area contributed by atoms with Gasteiger partial charge in [-0.2, -0.15) is 0 Å². The Morgan fingerprint density at radius 2 is 0.723 bits per heavy atom. The van der Waals surface area contributed by atoms with Crippen LogP contribution in [0.15, 0.2) is 201 Å². The fourth-order valence-electron chi connectivity index (χ4n) is 9.67. The Morgan fingerprint density at radius 1 is 0.338 bits per heavy atom. The van der Waals surface area contributed by atoms with Gasteiger partial charge in [0.2, 0.25) is 0 Å². The number of aromatic nitrogens is 3.